The molecular formula is C24H24O4. The van der Waals surface area contributed by atoms with E-state index in [2.05, 4.69) is 0 Å². The Labute approximate surface area is 164 Å². The summed E-state index contributed by atoms with van der Waals surface area (Å²) in [5.74, 6) is 0.771. The minimum atomic E-state index is -0.393. The van der Waals surface area contributed by atoms with Gasteiger partial charge in [0.25, 0.3) is 0 Å². The molecule has 0 bridgehead atoms. The molecule has 4 rings (SSSR count). The van der Waals surface area contributed by atoms with E-state index in [1.54, 1.807) is 0 Å². The van der Waals surface area contributed by atoms with Crippen LogP contribution in [0.3, 0.4) is 0 Å². The number of carbonyl (C=O) groups is 1. The standard InChI is InChI=1S/C24H24O4/c1-15-18-12-13-21(27-22-11-7-6-10-20(22)25)16(2)23(18)28-24(26)19(15)14-17-8-4-3-5-9-17/h3-5,8-9,12-13,22H,6-7,10-11,14H2,1-2H3/t22-/m0/s1. The van der Waals surface area contributed by atoms with Crippen LogP contribution in [0.2, 0.25) is 0 Å². The lowest BCUT2D eigenvalue weighted by Gasteiger charge is -2.23. The molecule has 0 amide bonds. The van der Waals surface area contributed by atoms with Crippen LogP contribution in [-0.2, 0) is 11.2 Å². The fourth-order valence-corrected chi connectivity index (χ4v) is 3.93. The van der Waals surface area contributed by atoms with Gasteiger partial charge in [-0.3, -0.25) is 4.79 Å². The molecule has 1 saturated carbocycles. The van der Waals surface area contributed by atoms with Crippen LogP contribution in [0.4, 0.5) is 0 Å². The number of Topliss-reactive ketones (excluding diaryl/α,β-unsaturated/α-hetero) is 1. The van der Waals surface area contributed by atoms with Crippen molar-refractivity contribution < 1.29 is 13.9 Å². The molecule has 1 aliphatic carbocycles. The third-order valence-electron chi connectivity index (χ3n) is 5.65. The number of ether oxygens (including phenoxy) is 1. The Morgan fingerprint density at radius 2 is 1.79 bits per heavy atom. The van der Waals surface area contributed by atoms with Crippen LogP contribution in [-0.4, -0.2) is 11.9 Å². The monoisotopic (exact) mass is 376 g/mol. The Morgan fingerprint density at radius 3 is 2.54 bits per heavy atom. The van der Waals surface area contributed by atoms with Gasteiger partial charge in [-0.05, 0) is 56.4 Å². The van der Waals surface area contributed by atoms with Gasteiger partial charge in [-0.1, -0.05) is 30.3 Å². The van der Waals surface area contributed by atoms with Crippen LogP contribution in [0.15, 0.2) is 51.7 Å². The predicted molar refractivity (Wildman–Crippen MR) is 109 cm³/mol. The van der Waals surface area contributed by atoms with E-state index in [4.69, 9.17) is 9.15 Å². The summed E-state index contributed by atoms with van der Waals surface area (Å²) in [6, 6.07) is 13.7. The summed E-state index contributed by atoms with van der Waals surface area (Å²) in [4.78, 5) is 24.8. The van der Waals surface area contributed by atoms with Crippen molar-refractivity contribution in [3.63, 3.8) is 0 Å². The zero-order valence-corrected chi connectivity index (χ0v) is 16.3. The van der Waals surface area contributed by atoms with E-state index >= 15 is 0 Å². The van der Waals surface area contributed by atoms with Gasteiger partial charge in [0, 0.05) is 29.4 Å². The highest BCUT2D eigenvalue weighted by molar-refractivity contribution is 5.87. The fourth-order valence-electron chi connectivity index (χ4n) is 3.93. The van der Waals surface area contributed by atoms with Gasteiger partial charge >= 0.3 is 5.63 Å². The van der Waals surface area contributed by atoms with E-state index in [-0.39, 0.29) is 11.4 Å². The molecule has 28 heavy (non-hydrogen) atoms. The smallest absolute Gasteiger partial charge is 0.340 e. The summed E-state index contributed by atoms with van der Waals surface area (Å²) >= 11 is 0. The molecule has 0 saturated heterocycles. The molecule has 0 spiro atoms. The first-order valence-electron chi connectivity index (χ1n) is 9.84. The third kappa shape index (κ3) is 3.47. The largest absolute Gasteiger partial charge is 0.482 e. The molecule has 1 heterocycles. The Morgan fingerprint density at radius 1 is 1.00 bits per heavy atom. The number of ketones is 1. The summed E-state index contributed by atoms with van der Waals surface area (Å²) in [5.41, 5.74) is 3.67. The summed E-state index contributed by atoms with van der Waals surface area (Å²) in [5, 5.41) is 0.908. The maximum absolute atomic E-state index is 12.7. The first-order chi connectivity index (χ1) is 13.5. The Hall–Kier alpha value is -2.88. The second-order valence-corrected chi connectivity index (χ2v) is 7.54. The Bertz CT molecular complexity index is 1080. The summed E-state index contributed by atoms with van der Waals surface area (Å²) in [6.07, 6.45) is 3.41. The van der Waals surface area contributed by atoms with Gasteiger partial charge in [0.15, 0.2) is 11.9 Å². The summed E-state index contributed by atoms with van der Waals surface area (Å²) in [7, 11) is 0. The quantitative estimate of drug-likeness (QED) is 0.608. The van der Waals surface area contributed by atoms with Crippen molar-refractivity contribution in [2.24, 2.45) is 0 Å². The highest BCUT2D eigenvalue weighted by atomic mass is 16.5. The molecule has 0 N–H and O–H groups in total. The van der Waals surface area contributed by atoms with Crippen LogP contribution in [0.25, 0.3) is 11.0 Å². The molecule has 3 aromatic rings. The highest BCUT2D eigenvalue weighted by Gasteiger charge is 2.25. The summed E-state index contributed by atoms with van der Waals surface area (Å²) in [6.45, 7) is 3.84. The number of fused-ring (bicyclic) bond motifs is 1. The second kappa shape index (κ2) is 7.63. The highest BCUT2D eigenvalue weighted by Crippen LogP contribution is 2.32. The molecule has 144 valence electrons. The maximum atomic E-state index is 12.7. The lowest BCUT2D eigenvalue weighted by Crippen LogP contribution is -2.30. The number of rotatable bonds is 4. The number of aryl methyl sites for hydroxylation is 2. The maximum Gasteiger partial charge on any atom is 0.340 e. The number of benzene rings is 2. The van der Waals surface area contributed by atoms with Crippen molar-refractivity contribution >= 4 is 16.8 Å². The second-order valence-electron chi connectivity index (χ2n) is 7.54. The summed E-state index contributed by atoms with van der Waals surface area (Å²) < 4.78 is 11.7. The van der Waals surface area contributed by atoms with Gasteiger partial charge < -0.3 is 9.15 Å². The molecule has 0 radical (unpaired) electrons. The molecule has 1 atom stereocenters. The lowest BCUT2D eigenvalue weighted by molar-refractivity contribution is -0.127. The van der Waals surface area contributed by atoms with Crippen molar-refractivity contribution in [1.29, 1.82) is 0 Å². The van der Waals surface area contributed by atoms with E-state index < -0.39 is 6.10 Å². The van der Waals surface area contributed by atoms with Crippen LogP contribution in [0.5, 0.6) is 5.75 Å². The molecule has 2 aromatic carbocycles. The molecule has 1 fully saturated rings. The molecule has 0 unspecified atom stereocenters. The van der Waals surface area contributed by atoms with Crippen LogP contribution >= 0.6 is 0 Å². The predicted octanol–water partition coefficient (Wildman–Crippen LogP) is 4.89. The Balaban J connectivity index is 1.72. The van der Waals surface area contributed by atoms with Crippen LogP contribution in [0, 0.1) is 13.8 Å². The van der Waals surface area contributed by atoms with Gasteiger partial charge in [-0.2, -0.15) is 0 Å². The van der Waals surface area contributed by atoms with E-state index in [0.717, 1.165) is 41.3 Å². The average molecular weight is 376 g/mol. The van der Waals surface area contributed by atoms with E-state index in [9.17, 15) is 9.59 Å². The molecular weight excluding hydrogens is 352 g/mol. The minimum absolute atomic E-state index is 0.154. The lowest BCUT2D eigenvalue weighted by atomic mass is 9.96. The van der Waals surface area contributed by atoms with Crippen molar-refractivity contribution in [2.45, 2.75) is 52.1 Å². The van der Waals surface area contributed by atoms with Crippen LogP contribution in [0.1, 0.15) is 47.9 Å². The van der Waals surface area contributed by atoms with Crippen molar-refractivity contribution in [3.8, 4) is 5.75 Å². The molecule has 0 aliphatic heterocycles. The van der Waals surface area contributed by atoms with Crippen molar-refractivity contribution in [3.05, 3.63) is 75.1 Å². The first-order valence-corrected chi connectivity index (χ1v) is 9.84. The Kier molecular flexibility index (Phi) is 5.03. The number of carbonyl (C=O) groups excluding carboxylic acids is 1. The van der Waals surface area contributed by atoms with Crippen LogP contribution < -0.4 is 10.4 Å². The zero-order valence-electron chi connectivity index (χ0n) is 16.3. The van der Waals surface area contributed by atoms with E-state index in [0.29, 0.717) is 29.7 Å². The van der Waals surface area contributed by atoms with Gasteiger partial charge in [0.2, 0.25) is 0 Å². The molecule has 4 nitrogen and oxygen atoms in total. The van der Waals surface area contributed by atoms with Gasteiger partial charge in [-0.15, -0.1) is 0 Å². The fraction of sp³-hybridized carbons (Fsp3) is 0.333. The van der Waals surface area contributed by atoms with E-state index in [1.165, 1.54) is 0 Å². The number of hydrogen-bond donors (Lipinski definition) is 0. The van der Waals surface area contributed by atoms with Gasteiger partial charge in [-0.25, -0.2) is 4.79 Å². The SMILES string of the molecule is Cc1c(Cc2ccccc2)c(=O)oc2c(C)c(O[C@H]3CCCCC3=O)ccc12. The van der Waals surface area contributed by atoms with E-state index in [1.807, 2.05) is 56.3 Å². The zero-order chi connectivity index (χ0) is 19.7. The van der Waals surface area contributed by atoms with Gasteiger partial charge in [0.1, 0.15) is 11.3 Å². The minimum Gasteiger partial charge on any atom is -0.482 e. The molecule has 1 aromatic heterocycles. The molecule has 4 heteroatoms. The van der Waals surface area contributed by atoms with Crippen molar-refractivity contribution in [2.75, 3.05) is 0 Å². The van der Waals surface area contributed by atoms with Crippen molar-refractivity contribution in [1.82, 2.24) is 0 Å². The number of hydrogen-bond acceptors (Lipinski definition) is 4. The third-order valence-corrected chi connectivity index (χ3v) is 5.65. The topological polar surface area (TPSA) is 56.5 Å². The molecule has 1 aliphatic rings. The average Bonchev–Trinajstić information content (AvgIpc) is 2.70. The first kappa shape index (κ1) is 18.5. The van der Waals surface area contributed by atoms with Gasteiger partial charge in [0.05, 0.1) is 0 Å². The normalized spacial score (nSPS) is 17.1.